The Kier molecular flexibility index (Phi) is 4.98. The third-order valence-corrected chi connectivity index (χ3v) is 3.83. The first-order valence-corrected chi connectivity index (χ1v) is 6.99. The number of nitrogen functional groups attached to an aromatic ring is 1. The number of nitrogens with zero attached hydrogens (tertiary/aromatic N) is 1. The second kappa shape index (κ2) is 6.72. The van der Waals surface area contributed by atoms with Gasteiger partial charge in [-0.15, -0.1) is 0 Å². The standard InChI is InChI=1S/C15H23N3O2/c1-20-10-11-3-2-6-18(8-11)9-13-5-4-12(15(17)19)7-14(13)16/h4-5,7,11H,2-3,6,8-10,16H2,1H3,(H2,17,19). The zero-order valence-electron chi connectivity index (χ0n) is 12.0. The maximum atomic E-state index is 11.1. The van der Waals surface area contributed by atoms with Crippen molar-refractivity contribution in [3.8, 4) is 0 Å². The maximum absolute atomic E-state index is 11.1. The summed E-state index contributed by atoms with van der Waals surface area (Å²) < 4.78 is 5.24. The number of hydrogen-bond donors (Lipinski definition) is 2. The van der Waals surface area contributed by atoms with Crippen molar-refractivity contribution >= 4 is 11.6 Å². The van der Waals surface area contributed by atoms with Gasteiger partial charge in [-0.05, 0) is 43.0 Å². The number of ether oxygens (including phenoxy) is 1. The van der Waals surface area contributed by atoms with Crippen molar-refractivity contribution < 1.29 is 9.53 Å². The Balaban J connectivity index is 2.00. The summed E-state index contributed by atoms with van der Waals surface area (Å²) in [5.74, 6) is 0.154. The Morgan fingerprint density at radius 1 is 1.50 bits per heavy atom. The molecular weight excluding hydrogens is 254 g/mol. The quantitative estimate of drug-likeness (QED) is 0.793. The van der Waals surface area contributed by atoms with Crippen molar-refractivity contribution in [1.82, 2.24) is 4.90 Å². The summed E-state index contributed by atoms with van der Waals surface area (Å²) in [6, 6.07) is 5.30. The zero-order chi connectivity index (χ0) is 14.5. The lowest BCUT2D eigenvalue weighted by Crippen LogP contribution is -2.36. The molecule has 4 N–H and O–H groups in total. The first kappa shape index (κ1) is 14.8. The number of hydrogen-bond acceptors (Lipinski definition) is 4. The number of amides is 1. The lowest BCUT2D eigenvalue weighted by Gasteiger charge is -2.32. The van der Waals surface area contributed by atoms with Crippen LogP contribution in [0, 0.1) is 5.92 Å². The Labute approximate surface area is 119 Å². The van der Waals surface area contributed by atoms with Crippen LogP contribution in [-0.4, -0.2) is 37.6 Å². The Hall–Kier alpha value is -1.59. The van der Waals surface area contributed by atoms with Gasteiger partial charge in [0.25, 0.3) is 0 Å². The van der Waals surface area contributed by atoms with Crippen LogP contribution in [0.4, 0.5) is 5.69 Å². The van der Waals surface area contributed by atoms with Crippen molar-refractivity contribution in [2.45, 2.75) is 19.4 Å². The summed E-state index contributed by atoms with van der Waals surface area (Å²) in [5, 5.41) is 0. The number of methoxy groups -OCH3 is 1. The number of carbonyl (C=O) groups excluding carboxylic acids is 1. The molecule has 5 heteroatoms. The van der Waals surface area contributed by atoms with E-state index in [4.69, 9.17) is 16.2 Å². The van der Waals surface area contributed by atoms with Gasteiger partial charge in [0.2, 0.25) is 5.91 Å². The van der Waals surface area contributed by atoms with E-state index in [1.165, 1.54) is 12.8 Å². The topological polar surface area (TPSA) is 81.6 Å². The highest BCUT2D eigenvalue weighted by atomic mass is 16.5. The monoisotopic (exact) mass is 277 g/mol. The molecule has 1 aliphatic heterocycles. The Bertz CT molecular complexity index is 474. The van der Waals surface area contributed by atoms with Crippen molar-refractivity contribution in [1.29, 1.82) is 0 Å². The summed E-state index contributed by atoms with van der Waals surface area (Å²) in [6.07, 6.45) is 2.41. The normalized spacial score (nSPS) is 19.9. The summed E-state index contributed by atoms with van der Waals surface area (Å²) >= 11 is 0. The van der Waals surface area contributed by atoms with Gasteiger partial charge >= 0.3 is 0 Å². The van der Waals surface area contributed by atoms with Crippen molar-refractivity contribution in [2.24, 2.45) is 11.7 Å². The first-order valence-electron chi connectivity index (χ1n) is 6.99. The summed E-state index contributed by atoms with van der Waals surface area (Å²) in [7, 11) is 1.75. The van der Waals surface area contributed by atoms with Gasteiger partial charge in [0.1, 0.15) is 0 Å². The molecule has 1 heterocycles. The fourth-order valence-electron chi connectivity index (χ4n) is 2.80. The van der Waals surface area contributed by atoms with Crippen molar-refractivity contribution in [3.63, 3.8) is 0 Å². The van der Waals surface area contributed by atoms with E-state index in [-0.39, 0.29) is 0 Å². The molecule has 110 valence electrons. The molecular formula is C15H23N3O2. The molecule has 1 saturated heterocycles. The second-order valence-electron chi connectivity index (χ2n) is 5.48. The molecule has 1 aliphatic rings. The van der Waals surface area contributed by atoms with Crippen molar-refractivity contribution in [2.75, 3.05) is 32.5 Å². The molecule has 0 saturated carbocycles. The van der Waals surface area contributed by atoms with E-state index >= 15 is 0 Å². The molecule has 1 aromatic carbocycles. The predicted molar refractivity (Wildman–Crippen MR) is 79.2 cm³/mol. The number of benzene rings is 1. The number of nitrogens with two attached hydrogens (primary N) is 2. The SMILES string of the molecule is COCC1CCCN(Cc2ccc(C(N)=O)cc2N)C1. The Morgan fingerprint density at radius 3 is 2.95 bits per heavy atom. The van der Waals surface area contributed by atoms with Gasteiger partial charge in [-0.2, -0.15) is 0 Å². The number of carbonyl (C=O) groups is 1. The van der Waals surface area contributed by atoms with Crippen LogP contribution < -0.4 is 11.5 Å². The van der Waals surface area contributed by atoms with Crippen LogP contribution in [0.2, 0.25) is 0 Å². The average molecular weight is 277 g/mol. The molecule has 0 spiro atoms. The summed E-state index contributed by atoms with van der Waals surface area (Å²) in [4.78, 5) is 13.5. The molecule has 1 amide bonds. The molecule has 0 bridgehead atoms. The minimum absolute atomic E-state index is 0.443. The van der Waals surface area contributed by atoms with Crippen LogP contribution >= 0.6 is 0 Å². The lowest BCUT2D eigenvalue weighted by atomic mass is 9.98. The van der Waals surface area contributed by atoms with Gasteiger partial charge in [-0.3, -0.25) is 9.69 Å². The number of primary amides is 1. The lowest BCUT2D eigenvalue weighted by molar-refractivity contribution is 0.0874. The van der Waals surface area contributed by atoms with Crippen LogP contribution in [-0.2, 0) is 11.3 Å². The molecule has 20 heavy (non-hydrogen) atoms. The highest BCUT2D eigenvalue weighted by Gasteiger charge is 2.20. The van der Waals surface area contributed by atoms with Crippen LogP contribution in [0.1, 0.15) is 28.8 Å². The number of rotatable bonds is 5. The molecule has 0 aliphatic carbocycles. The van der Waals surface area contributed by atoms with Gasteiger partial charge < -0.3 is 16.2 Å². The van der Waals surface area contributed by atoms with Crippen LogP contribution in [0.25, 0.3) is 0 Å². The molecule has 2 rings (SSSR count). The van der Waals surface area contributed by atoms with E-state index in [1.807, 2.05) is 6.07 Å². The number of piperidine rings is 1. The van der Waals surface area contributed by atoms with E-state index in [0.717, 1.165) is 31.8 Å². The molecule has 5 nitrogen and oxygen atoms in total. The van der Waals surface area contributed by atoms with Gasteiger partial charge in [0.15, 0.2) is 0 Å². The Morgan fingerprint density at radius 2 is 2.30 bits per heavy atom. The van der Waals surface area contributed by atoms with Crippen LogP contribution in [0.15, 0.2) is 18.2 Å². The molecule has 1 unspecified atom stereocenters. The molecule has 1 fully saturated rings. The fourth-order valence-corrected chi connectivity index (χ4v) is 2.80. The van der Waals surface area contributed by atoms with Gasteiger partial charge in [0, 0.05) is 31.5 Å². The number of likely N-dealkylation sites (tertiary alicyclic amines) is 1. The van der Waals surface area contributed by atoms with Gasteiger partial charge in [0.05, 0.1) is 6.61 Å². The van der Waals surface area contributed by atoms with Crippen LogP contribution in [0.3, 0.4) is 0 Å². The first-order chi connectivity index (χ1) is 9.60. The maximum Gasteiger partial charge on any atom is 0.248 e. The minimum atomic E-state index is -0.443. The second-order valence-corrected chi connectivity index (χ2v) is 5.48. The van der Waals surface area contributed by atoms with E-state index in [0.29, 0.717) is 17.2 Å². The molecule has 0 aromatic heterocycles. The zero-order valence-corrected chi connectivity index (χ0v) is 12.0. The van der Waals surface area contributed by atoms with E-state index in [9.17, 15) is 4.79 Å². The number of anilines is 1. The summed E-state index contributed by atoms with van der Waals surface area (Å²) in [5.41, 5.74) is 13.4. The van der Waals surface area contributed by atoms with Crippen LogP contribution in [0.5, 0.6) is 0 Å². The smallest absolute Gasteiger partial charge is 0.248 e. The third kappa shape index (κ3) is 3.71. The van der Waals surface area contributed by atoms with E-state index in [1.54, 1.807) is 19.2 Å². The summed E-state index contributed by atoms with van der Waals surface area (Å²) in [6.45, 7) is 3.74. The molecule has 1 atom stereocenters. The average Bonchev–Trinajstić information content (AvgIpc) is 2.42. The van der Waals surface area contributed by atoms with E-state index in [2.05, 4.69) is 4.90 Å². The fraction of sp³-hybridized carbons (Fsp3) is 0.533. The molecule has 1 aromatic rings. The molecule has 0 radical (unpaired) electrons. The largest absolute Gasteiger partial charge is 0.398 e. The predicted octanol–water partition coefficient (Wildman–Crippen LogP) is 1.23. The van der Waals surface area contributed by atoms with Crippen molar-refractivity contribution in [3.05, 3.63) is 29.3 Å². The minimum Gasteiger partial charge on any atom is -0.398 e. The van der Waals surface area contributed by atoms with E-state index < -0.39 is 5.91 Å². The highest BCUT2D eigenvalue weighted by molar-refractivity contribution is 5.93. The van der Waals surface area contributed by atoms with Gasteiger partial charge in [-0.1, -0.05) is 6.07 Å². The third-order valence-electron chi connectivity index (χ3n) is 3.83. The highest BCUT2D eigenvalue weighted by Crippen LogP contribution is 2.21. The van der Waals surface area contributed by atoms with Gasteiger partial charge in [-0.25, -0.2) is 0 Å².